The van der Waals surface area contributed by atoms with Gasteiger partial charge < -0.3 is 10.1 Å². The maximum Gasteiger partial charge on any atom is 0.121 e. The van der Waals surface area contributed by atoms with E-state index in [1.807, 2.05) is 23.9 Å². The normalized spacial score (nSPS) is 9.95. The van der Waals surface area contributed by atoms with Crippen molar-refractivity contribution in [3.8, 4) is 11.8 Å². The van der Waals surface area contributed by atoms with E-state index in [1.54, 1.807) is 13.2 Å². The molecule has 0 saturated heterocycles. The minimum Gasteiger partial charge on any atom is -0.497 e. The molecular formula is C15H22N2OS. The van der Waals surface area contributed by atoms with Gasteiger partial charge in [0.15, 0.2) is 0 Å². The van der Waals surface area contributed by atoms with Gasteiger partial charge in [0, 0.05) is 12.6 Å². The lowest BCUT2D eigenvalue weighted by Crippen LogP contribution is -2.03. The van der Waals surface area contributed by atoms with Crippen molar-refractivity contribution in [3.63, 3.8) is 0 Å². The molecule has 1 aromatic rings. The monoisotopic (exact) mass is 278 g/mol. The summed E-state index contributed by atoms with van der Waals surface area (Å²) in [6.07, 6.45) is 7.10. The van der Waals surface area contributed by atoms with Crippen molar-refractivity contribution in [2.75, 3.05) is 31.0 Å². The highest BCUT2D eigenvalue weighted by Gasteiger charge is 2.03. The van der Waals surface area contributed by atoms with Gasteiger partial charge >= 0.3 is 0 Å². The van der Waals surface area contributed by atoms with Crippen LogP contribution in [0.5, 0.6) is 5.75 Å². The number of ether oxygens (including phenoxy) is 1. The molecular weight excluding hydrogens is 256 g/mol. The third-order valence-electron chi connectivity index (χ3n) is 2.94. The van der Waals surface area contributed by atoms with E-state index in [4.69, 9.17) is 10.00 Å². The van der Waals surface area contributed by atoms with Crippen molar-refractivity contribution < 1.29 is 4.74 Å². The summed E-state index contributed by atoms with van der Waals surface area (Å²) < 4.78 is 5.17. The Balaban J connectivity index is 2.34. The number of methoxy groups -OCH3 is 1. The highest BCUT2D eigenvalue weighted by Crippen LogP contribution is 2.21. The molecule has 0 bridgehead atoms. The Bertz CT molecular complexity index is 415. The van der Waals surface area contributed by atoms with Crippen molar-refractivity contribution in [2.45, 2.75) is 25.7 Å². The topological polar surface area (TPSA) is 45.0 Å². The fourth-order valence-electron chi connectivity index (χ4n) is 1.84. The minimum absolute atomic E-state index is 0.670. The molecule has 0 aliphatic heterocycles. The Morgan fingerprint density at radius 3 is 2.74 bits per heavy atom. The zero-order chi connectivity index (χ0) is 13.9. The average molecular weight is 278 g/mol. The van der Waals surface area contributed by atoms with Crippen LogP contribution >= 0.6 is 11.8 Å². The molecule has 19 heavy (non-hydrogen) atoms. The van der Waals surface area contributed by atoms with E-state index in [2.05, 4.69) is 17.6 Å². The number of hydrogen-bond acceptors (Lipinski definition) is 4. The molecule has 0 heterocycles. The molecule has 0 amide bonds. The molecule has 1 aromatic carbocycles. The van der Waals surface area contributed by atoms with Gasteiger partial charge in [-0.25, -0.2) is 0 Å². The van der Waals surface area contributed by atoms with E-state index < -0.39 is 0 Å². The summed E-state index contributed by atoms with van der Waals surface area (Å²) in [7, 11) is 1.64. The van der Waals surface area contributed by atoms with Gasteiger partial charge in [-0.1, -0.05) is 12.8 Å². The highest BCUT2D eigenvalue weighted by atomic mass is 32.2. The van der Waals surface area contributed by atoms with E-state index in [1.165, 1.54) is 25.0 Å². The molecule has 3 nitrogen and oxygen atoms in total. The van der Waals surface area contributed by atoms with Crippen LogP contribution in [0, 0.1) is 11.3 Å². The van der Waals surface area contributed by atoms with Crippen LogP contribution in [-0.4, -0.2) is 25.7 Å². The summed E-state index contributed by atoms with van der Waals surface area (Å²) in [6, 6.07) is 7.68. The first-order chi connectivity index (χ1) is 9.31. The van der Waals surface area contributed by atoms with Crippen molar-refractivity contribution in [1.29, 1.82) is 5.26 Å². The van der Waals surface area contributed by atoms with Crippen LogP contribution < -0.4 is 10.1 Å². The van der Waals surface area contributed by atoms with Gasteiger partial charge in [-0.15, -0.1) is 0 Å². The maximum absolute atomic E-state index is 9.05. The summed E-state index contributed by atoms with van der Waals surface area (Å²) in [4.78, 5) is 0. The number of unbranched alkanes of at least 4 members (excludes halogenated alkanes) is 3. The standard InChI is InChI=1S/C15H22N2OS/c1-18-14-8-7-13(12-16)15(11-14)17-9-5-3-4-6-10-19-2/h7-8,11,17H,3-6,9-10H2,1-2H3. The van der Waals surface area contributed by atoms with Crippen molar-refractivity contribution in [1.82, 2.24) is 0 Å². The number of thioether (sulfide) groups is 1. The molecule has 0 aliphatic rings. The van der Waals surface area contributed by atoms with Gasteiger partial charge in [0.05, 0.1) is 18.4 Å². The maximum atomic E-state index is 9.05. The van der Waals surface area contributed by atoms with Crippen molar-refractivity contribution >= 4 is 17.4 Å². The second-order valence-corrected chi connectivity index (χ2v) is 5.34. The predicted octanol–water partition coefficient (Wildman–Crippen LogP) is 3.90. The molecule has 0 unspecified atom stereocenters. The lowest BCUT2D eigenvalue weighted by Gasteiger charge is -2.09. The van der Waals surface area contributed by atoms with Crippen LogP contribution in [0.25, 0.3) is 0 Å². The Labute approximate surface area is 120 Å². The molecule has 0 aliphatic carbocycles. The van der Waals surface area contributed by atoms with E-state index >= 15 is 0 Å². The first kappa shape index (κ1) is 15.7. The number of nitriles is 1. The summed E-state index contributed by atoms with van der Waals surface area (Å²) in [5.41, 5.74) is 1.54. The second-order valence-electron chi connectivity index (χ2n) is 4.36. The predicted molar refractivity (Wildman–Crippen MR) is 83.0 cm³/mol. The summed E-state index contributed by atoms with van der Waals surface area (Å²) >= 11 is 1.91. The molecule has 0 radical (unpaired) electrons. The molecule has 104 valence electrons. The first-order valence-electron chi connectivity index (χ1n) is 6.62. The average Bonchev–Trinajstić information content (AvgIpc) is 2.46. The van der Waals surface area contributed by atoms with Gasteiger partial charge in [-0.2, -0.15) is 17.0 Å². The van der Waals surface area contributed by atoms with Gasteiger partial charge in [0.1, 0.15) is 11.8 Å². The SMILES string of the molecule is COc1ccc(C#N)c(NCCCCCCSC)c1. The zero-order valence-corrected chi connectivity index (χ0v) is 12.6. The smallest absolute Gasteiger partial charge is 0.121 e. The fraction of sp³-hybridized carbons (Fsp3) is 0.533. The Hall–Kier alpha value is -1.34. The lowest BCUT2D eigenvalue weighted by atomic mass is 10.1. The van der Waals surface area contributed by atoms with Crippen LogP contribution in [-0.2, 0) is 0 Å². The summed E-state index contributed by atoms with van der Waals surface area (Å²) in [5.74, 6) is 2.03. The number of anilines is 1. The summed E-state index contributed by atoms with van der Waals surface area (Å²) in [6.45, 7) is 0.904. The third kappa shape index (κ3) is 5.89. The Morgan fingerprint density at radius 2 is 2.05 bits per heavy atom. The molecule has 1 rings (SSSR count). The molecule has 0 spiro atoms. The molecule has 0 saturated carbocycles. The lowest BCUT2D eigenvalue weighted by molar-refractivity contribution is 0.415. The van der Waals surface area contributed by atoms with Crippen LogP contribution in [0.3, 0.4) is 0 Å². The van der Waals surface area contributed by atoms with Crippen molar-refractivity contribution in [3.05, 3.63) is 23.8 Å². The quantitative estimate of drug-likeness (QED) is 0.696. The number of rotatable bonds is 9. The molecule has 0 fully saturated rings. The fourth-order valence-corrected chi connectivity index (χ4v) is 2.33. The molecule has 0 aromatic heterocycles. The van der Waals surface area contributed by atoms with Crippen LogP contribution in [0.4, 0.5) is 5.69 Å². The van der Waals surface area contributed by atoms with E-state index in [0.717, 1.165) is 24.4 Å². The van der Waals surface area contributed by atoms with Gasteiger partial charge in [-0.05, 0) is 37.0 Å². The molecule has 0 atom stereocenters. The van der Waals surface area contributed by atoms with E-state index in [0.29, 0.717) is 5.56 Å². The molecule has 4 heteroatoms. The van der Waals surface area contributed by atoms with Crippen molar-refractivity contribution in [2.24, 2.45) is 0 Å². The third-order valence-corrected chi connectivity index (χ3v) is 3.63. The zero-order valence-electron chi connectivity index (χ0n) is 11.7. The highest BCUT2D eigenvalue weighted by molar-refractivity contribution is 7.98. The summed E-state index contributed by atoms with van der Waals surface area (Å²) in [5, 5.41) is 12.4. The largest absolute Gasteiger partial charge is 0.497 e. The van der Waals surface area contributed by atoms with Crippen LogP contribution in [0.1, 0.15) is 31.2 Å². The number of benzene rings is 1. The van der Waals surface area contributed by atoms with Crippen LogP contribution in [0.2, 0.25) is 0 Å². The van der Waals surface area contributed by atoms with Gasteiger partial charge in [-0.3, -0.25) is 0 Å². The number of nitrogens with one attached hydrogen (secondary N) is 1. The van der Waals surface area contributed by atoms with E-state index in [9.17, 15) is 0 Å². The van der Waals surface area contributed by atoms with Gasteiger partial charge in [0.25, 0.3) is 0 Å². The second kappa shape index (κ2) is 9.57. The van der Waals surface area contributed by atoms with Gasteiger partial charge in [0.2, 0.25) is 0 Å². The number of nitrogens with zero attached hydrogens (tertiary/aromatic N) is 1. The Morgan fingerprint density at radius 1 is 1.26 bits per heavy atom. The molecule has 1 N–H and O–H groups in total. The first-order valence-corrected chi connectivity index (χ1v) is 8.02. The van der Waals surface area contributed by atoms with E-state index in [-0.39, 0.29) is 0 Å². The Kier molecular flexibility index (Phi) is 7.92. The minimum atomic E-state index is 0.670. The number of hydrogen-bond donors (Lipinski definition) is 1. The van der Waals surface area contributed by atoms with Crippen LogP contribution in [0.15, 0.2) is 18.2 Å².